The molecule has 0 saturated carbocycles. The lowest BCUT2D eigenvalue weighted by Crippen LogP contribution is -2.32. The molecule has 0 bridgehead atoms. The maximum absolute atomic E-state index is 12.2. The van der Waals surface area contributed by atoms with Crippen LogP contribution >= 0.6 is 15.9 Å². The number of fused-ring (bicyclic) bond motifs is 1. The quantitative estimate of drug-likeness (QED) is 0.734. The standard InChI is InChI=1S/C18H17BrN2O2/c1-21(14-7-3-2-4-8-14)11-10-20-18(22)16-12-13-6-5-9-15(19)17(13)23-16/h2-9,12H,10-11H2,1H3,(H,20,22). The molecule has 23 heavy (non-hydrogen) atoms. The number of anilines is 1. The number of furan rings is 1. The normalized spacial score (nSPS) is 10.7. The first-order chi connectivity index (χ1) is 11.1. The first-order valence-corrected chi connectivity index (χ1v) is 8.17. The fourth-order valence-corrected chi connectivity index (χ4v) is 2.84. The zero-order valence-electron chi connectivity index (χ0n) is 12.8. The highest BCUT2D eigenvalue weighted by atomic mass is 79.9. The molecule has 4 nitrogen and oxygen atoms in total. The highest BCUT2D eigenvalue weighted by molar-refractivity contribution is 9.10. The number of carbonyl (C=O) groups is 1. The molecule has 0 aliphatic rings. The van der Waals surface area contributed by atoms with Crippen LogP contribution in [-0.2, 0) is 0 Å². The lowest BCUT2D eigenvalue weighted by Gasteiger charge is -2.19. The molecular formula is C18H17BrN2O2. The lowest BCUT2D eigenvalue weighted by molar-refractivity contribution is 0.0929. The van der Waals surface area contributed by atoms with Gasteiger partial charge in [-0.25, -0.2) is 0 Å². The third kappa shape index (κ3) is 3.56. The van der Waals surface area contributed by atoms with Crippen LogP contribution in [0, 0.1) is 0 Å². The van der Waals surface area contributed by atoms with Crippen molar-refractivity contribution in [2.75, 3.05) is 25.0 Å². The van der Waals surface area contributed by atoms with Crippen molar-refractivity contribution in [3.8, 4) is 0 Å². The molecule has 5 heteroatoms. The number of likely N-dealkylation sites (N-methyl/N-ethyl adjacent to an activating group) is 1. The summed E-state index contributed by atoms with van der Waals surface area (Å²) in [4.78, 5) is 14.3. The van der Waals surface area contributed by atoms with Gasteiger partial charge in [-0.15, -0.1) is 0 Å². The van der Waals surface area contributed by atoms with Gasteiger partial charge in [0.05, 0.1) is 4.47 Å². The number of hydrogen-bond acceptors (Lipinski definition) is 3. The number of para-hydroxylation sites is 2. The molecular weight excluding hydrogens is 356 g/mol. The van der Waals surface area contributed by atoms with Crippen LogP contribution in [0.2, 0.25) is 0 Å². The molecule has 3 rings (SSSR count). The van der Waals surface area contributed by atoms with Crippen LogP contribution in [-0.4, -0.2) is 26.0 Å². The minimum Gasteiger partial charge on any atom is -0.450 e. The number of hydrogen-bond donors (Lipinski definition) is 1. The molecule has 2 aromatic carbocycles. The third-order valence-corrected chi connectivity index (χ3v) is 4.27. The number of nitrogens with one attached hydrogen (secondary N) is 1. The van der Waals surface area contributed by atoms with Gasteiger partial charge in [0.1, 0.15) is 5.58 Å². The Hall–Kier alpha value is -2.27. The minimum atomic E-state index is -0.199. The fourth-order valence-electron chi connectivity index (χ4n) is 2.38. The molecule has 0 fully saturated rings. The average molecular weight is 373 g/mol. The summed E-state index contributed by atoms with van der Waals surface area (Å²) >= 11 is 3.42. The van der Waals surface area contributed by atoms with E-state index in [-0.39, 0.29) is 5.91 Å². The number of amides is 1. The maximum Gasteiger partial charge on any atom is 0.287 e. The molecule has 0 aliphatic carbocycles. The van der Waals surface area contributed by atoms with Crippen LogP contribution < -0.4 is 10.2 Å². The summed E-state index contributed by atoms with van der Waals surface area (Å²) in [5.74, 6) is 0.129. The van der Waals surface area contributed by atoms with E-state index in [1.54, 1.807) is 6.07 Å². The summed E-state index contributed by atoms with van der Waals surface area (Å²) in [5.41, 5.74) is 1.81. The fraction of sp³-hybridized carbons (Fsp3) is 0.167. The maximum atomic E-state index is 12.2. The average Bonchev–Trinajstić information content (AvgIpc) is 3.01. The van der Waals surface area contributed by atoms with Crippen molar-refractivity contribution in [1.29, 1.82) is 0 Å². The number of halogens is 1. The molecule has 0 spiro atoms. The lowest BCUT2D eigenvalue weighted by atomic mass is 10.2. The Kier molecular flexibility index (Phi) is 4.67. The first kappa shape index (κ1) is 15.6. The number of carbonyl (C=O) groups excluding carboxylic acids is 1. The molecule has 1 aromatic heterocycles. The molecule has 0 unspecified atom stereocenters. The number of benzene rings is 2. The van der Waals surface area contributed by atoms with Crippen molar-refractivity contribution in [3.63, 3.8) is 0 Å². The second kappa shape index (κ2) is 6.87. The Morgan fingerprint density at radius 1 is 1.17 bits per heavy atom. The predicted molar refractivity (Wildman–Crippen MR) is 96.0 cm³/mol. The van der Waals surface area contributed by atoms with Crippen molar-refractivity contribution in [2.24, 2.45) is 0 Å². The monoisotopic (exact) mass is 372 g/mol. The van der Waals surface area contributed by atoms with Crippen molar-refractivity contribution >= 4 is 38.5 Å². The van der Waals surface area contributed by atoms with Crippen molar-refractivity contribution in [3.05, 3.63) is 64.8 Å². The Morgan fingerprint density at radius 2 is 1.96 bits per heavy atom. The highest BCUT2D eigenvalue weighted by Crippen LogP contribution is 2.26. The molecule has 1 heterocycles. The number of rotatable bonds is 5. The first-order valence-electron chi connectivity index (χ1n) is 7.37. The number of nitrogens with zero attached hydrogens (tertiary/aromatic N) is 1. The van der Waals surface area contributed by atoms with Crippen LogP contribution in [0.25, 0.3) is 11.0 Å². The van der Waals surface area contributed by atoms with Crippen molar-refractivity contribution < 1.29 is 9.21 Å². The van der Waals surface area contributed by atoms with Crippen LogP contribution in [0.3, 0.4) is 0 Å². The zero-order chi connectivity index (χ0) is 16.2. The molecule has 3 aromatic rings. The van der Waals surface area contributed by atoms with Gasteiger partial charge < -0.3 is 14.6 Å². The van der Waals surface area contributed by atoms with E-state index < -0.39 is 0 Å². The van der Waals surface area contributed by atoms with E-state index >= 15 is 0 Å². The second-order valence-electron chi connectivity index (χ2n) is 5.28. The Morgan fingerprint density at radius 3 is 2.70 bits per heavy atom. The van der Waals surface area contributed by atoms with E-state index in [4.69, 9.17) is 4.42 Å². The summed E-state index contributed by atoms with van der Waals surface area (Å²) in [6.45, 7) is 1.27. The largest absolute Gasteiger partial charge is 0.450 e. The molecule has 0 saturated heterocycles. The summed E-state index contributed by atoms with van der Waals surface area (Å²) < 4.78 is 6.48. The summed E-state index contributed by atoms with van der Waals surface area (Å²) in [7, 11) is 2.00. The van der Waals surface area contributed by atoms with Crippen molar-refractivity contribution in [2.45, 2.75) is 0 Å². The highest BCUT2D eigenvalue weighted by Gasteiger charge is 2.13. The molecule has 0 aliphatic heterocycles. The van der Waals surface area contributed by atoms with Gasteiger partial charge in [-0.1, -0.05) is 30.3 Å². The van der Waals surface area contributed by atoms with Crippen LogP contribution in [0.5, 0.6) is 0 Å². The van der Waals surface area contributed by atoms with E-state index in [1.807, 2.05) is 55.6 Å². The Bertz CT molecular complexity index is 814. The molecule has 0 radical (unpaired) electrons. The molecule has 0 atom stereocenters. The topological polar surface area (TPSA) is 45.5 Å². The predicted octanol–water partition coefficient (Wildman–Crippen LogP) is 4.06. The van der Waals surface area contributed by atoms with Gasteiger partial charge in [-0.3, -0.25) is 4.79 Å². The minimum absolute atomic E-state index is 0.199. The van der Waals surface area contributed by atoms with Gasteiger partial charge in [0.25, 0.3) is 5.91 Å². The summed E-state index contributed by atoms with van der Waals surface area (Å²) in [6, 6.07) is 17.5. The van der Waals surface area contributed by atoms with E-state index in [0.717, 1.165) is 22.1 Å². The van der Waals surface area contributed by atoms with Gasteiger partial charge in [0.2, 0.25) is 0 Å². The molecule has 1 amide bonds. The summed E-state index contributed by atoms with van der Waals surface area (Å²) in [6.07, 6.45) is 0. The molecule has 118 valence electrons. The SMILES string of the molecule is CN(CCNC(=O)c1cc2cccc(Br)c2o1)c1ccccc1. The van der Waals surface area contributed by atoms with Gasteiger partial charge in [0, 0.05) is 31.2 Å². The Balaban J connectivity index is 1.59. The van der Waals surface area contributed by atoms with Gasteiger partial charge in [0.15, 0.2) is 5.76 Å². The van der Waals surface area contributed by atoms with Crippen LogP contribution in [0.15, 0.2) is 63.5 Å². The smallest absolute Gasteiger partial charge is 0.287 e. The second-order valence-corrected chi connectivity index (χ2v) is 6.14. The van der Waals surface area contributed by atoms with Crippen LogP contribution in [0.4, 0.5) is 5.69 Å². The van der Waals surface area contributed by atoms with E-state index in [9.17, 15) is 4.79 Å². The van der Waals surface area contributed by atoms with E-state index in [0.29, 0.717) is 17.9 Å². The van der Waals surface area contributed by atoms with Gasteiger partial charge in [-0.2, -0.15) is 0 Å². The van der Waals surface area contributed by atoms with E-state index in [2.05, 4.69) is 26.1 Å². The molecule has 1 N–H and O–H groups in total. The van der Waals surface area contributed by atoms with Crippen molar-refractivity contribution in [1.82, 2.24) is 5.32 Å². The summed E-state index contributed by atoms with van der Waals surface area (Å²) in [5, 5.41) is 3.80. The zero-order valence-corrected chi connectivity index (χ0v) is 14.3. The van der Waals surface area contributed by atoms with Gasteiger partial charge in [-0.05, 0) is 40.2 Å². The van der Waals surface area contributed by atoms with Gasteiger partial charge >= 0.3 is 0 Å². The van der Waals surface area contributed by atoms with E-state index in [1.165, 1.54) is 0 Å². The van der Waals surface area contributed by atoms with Crippen LogP contribution in [0.1, 0.15) is 10.6 Å². The Labute approximate surface area is 143 Å². The third-order valence-electron chi connectivity index (χ3n) is 3.65.